The van der Waals surface area contributed by atoms with Crippen LogP contribution in [0.1, 0.15) is 41.7 Å². The van der Waals surface area contributed by atoms with Crippen LogP contribution in [0.25, 0.3) is 11.0 Å². The van der Waals surface area contributed by atoms with Gasteiger partial charge in [0.2, 0.25) is 0 Å². The first-order chi connectivity index (χ1) is 13.7. The third-order valence-corrected chi connectivity index (χ3v) is 5.82. The highest BCUT2D eigenvalue weighted by Gasteiger charge is 2.37. The summed E-state index contributed by atoms with van der Waals surface area (Å²) >= 11 is 0. The number of likely N-dealkylation sites (tertiary alicyclic amines) is 1. The van der Waals surface area contributed by atoms with Crippen molar-refractivity contribution in [2.24, 2.45) is 0 Å². The molecular formula is C21H24N6O. The number of amides is 1. The van der Waals surface area contributed by atoms with Gasteiger partial charge in [0, 0.05) is 54.7 Å². The zero-order chi connectivity index (χ0) is 19.1. The maximum absolute atomic E-state index is 13.1. The molecular weight excluding hydrogens is 352 g/mol. The van der Waals surface area contributed by atoms with Gasteiger partial charge in [-0.1, -0.05) is 0 Å². The van der Waals surface area contributed by atoms with E-state index >= 15 is 0 Å². The van der Waals surface area contributed by atoms with E-state index in [-0.39, 0.29) is 5.91 Å². The Hall–Kier alpha value is -2.96. The molecule has 3 aromatic heterocycles. The summed E-state index contributed by atoms with van der Waals surface area (Å²) in [5, 5.41) is 0.894. The van der Waals surface area contributed by atoms with Gasteiger partial charge in [-0.3, -0.25) is 4.79 Å². The first-order valence-electron chi connectivity index (χ1n) is 9.99. The number of carbonyl (C=O) groups excluding carboxylic acids is 1. The van der Waals surface area contributed by atoms with Gasteiger partial charge in [-0.05, 0) is 44.7 Å². The van der Waals surface area contributed by atoms with E-state index in [9.17, 15) is 4.79 Å². The SMILES string of the molecule is Cc1cc(N(C2CC2)C2CCN(C(=O)c3c[nH]c4ncccc34)CC2)ncn1. The largest absolute Gasteiger partial charge is 0.350 e. The molecule has 144 valence electrons. The predicted molar refractivity (Wildman–Crippen MR) is 107 cm³/mol. The van der Waals surface area contributed by atoms with Crippen molar-refractivity contribution in [2.45, 2.75) is 44.7 Å². The van der Waals surface area contributed by atoms with Crippen LogP contribution >= 0.6 is 0 Å². The van der Waals surface area contributed by atoms with E-state index in [1.165, 1.54) is 12.8 Å². The molecule has 1 amide bonds. The Balaban J connectivity index is 1.31. The van der Waals surface area contributed by atoms with Gasteiger partial charge in [-0.25, -0.2) is 15.0 Å². The summed E-state index contributed by atoms with van der Waals surface area (Å²) in [6.07, 6.45) is 9.56. The zero-order valence-electron chi connectivity index (χ0n) is 16.0. The summed E-state index contributed by atoms with van der Waals surface area (Å²) in [4.78, 5) is 33.7. The molecule has 1 saturated heterocycles. The zero-order valence-corrected chi connectivity index (χ0v) is 16.0. The Labute approximate surface area is 163 Å². The van der Waals surface area contributed by atoms with Crippen LogP contribution in [0.15, 0.2) is 36.9 Å². The van der Waals surface area contributed by atoms with Crippen molar-refractivity contribution >= 4 is 22.8 Å². The molecule has 28 heavy (non-hydrogen) atoms. The number of H-pyrrole nitrogens is 1. The van der Waals surface area contributed by atoms with Crippen molar-refractivity contribution in [1.82, 2.24) is 24.8 Å². The molecule has 1 N–H and O–H groups in total. The smallest absolute Gasteiger partial charge is 0.256 e. The molecule has 1 aliphatic carbocycles. The Morgan fingerprint density at radius 3 is 2.68 bits per heavy atom. The number of fused-ring (bicyclic) bond motifs is 1. The van der Waals surface area contributed by atoms with Crippen LogP contribution in [0.2, 0.25) is 0 Å². The Morgan fingerprint density at radius 2 is 1.93 bits per heavy atom. The number of hydrogen-bond acceptors (Lipinski definition) is 5. The number of nitrogens with zero attached hydrogens (tertiary/aromatic N) is 5. The highest BCUT2D eigenvalue weighted by Crippen LogP contribution is 2.35. The monoisotopic (exact) mass is 376 g/mol. The molecule has 7 heteroatoms. The van der Waals surface area contributed by atoms with Gasteiger partial charge in [0.1, 0.15) is 17.8 Å². The molecule has 2 aliphatic rings. The number of piperidine rings is 1. The molecule has 2 fully saturated rings. The van der Waals surface area contributed by atoms with Crippen molar-refractivity contribution in [3.05, 3.63) is 48.2 Å². The molecule has 1 saturated carbocycles. The minimum Gasteiger partial charge on any atom is -0.350 e. The number of pyridine rings is 1. The molecule has 0 atom stereocenters. The number of anilines is 1. The average molecular weight is 376 g/mol. The molecule has 0 spiro atoms. The fourth-order valence-electron chi connectivity index (χ4n) is 4.26. The van der Waals surface area contributed by atoms with E-state index in [2.05, 4.69) is 30.9 Å². The quantitative estimate of drug-likeness (QED) is 0.757. The van der Waals surface area contributed by atoms with E-state index in [1.54, 1.807) is 18.7 Å². The summed E-state index contributed by atoms with van der Waals surface area (Å²) in [6, 6.07) is 6.91. The lowest BCUT2D eigenvalue weighted by atomic mass is 10.0. The molecule has 0 unspecified atom stereocenters. The molecule has 5 rings (SSSR count). The summed E-state index contributed by atoms with van der Waals surface area (Å²) in [6.45, 7) is 3.54. The summed E-state index contributed by atoms with van der Waals surface area (Å²) in [5.41, 5.74) is 2.48. The first-order valence-corrected chi connectivity index (χ1v) is 9.99. The predicted octanol–water partition coefficient (Wildman–Crippen LogP) is 2.93. The summed E-state index contributed by atoms with van der Waals surface area (Å²) in [7, 11) is 0. The Kier molecular flexibility index (Phi) is 4.22. The van der Waals surface area contributed by atoms with Gasteiger partial charge >= 0.3 is 0 Å². The number of hydrogen-bond donors (Lipinski definition) is 1. The highest BCUT2D eigenvalue weighted by atomic mass is 16.2. The minimum atomic E-state index is 0.0913. The van der Waals surface area contributed by atoms with Crippen LogP contribution in [0.4, 0.5) is 5.82 Å². The Morgan fingerprint density at radius 1 is 1.14 bits per heavy atom. The number of carbonyl (C=O) groups is 1. The van der Waals surface area contributed by atoms with Crippen LogP contribution in [0, 0.1) is 6.92 Å². The maximum Gasteiger partial charge on any atom is 0.256 e. The van der Waals surface area contributed by atoms with E-state index in [0.717, 1.165) is 48.5 Å². The van der Waals surface area contributed by atoms with Gasteiger partial charge in [0.25, 0.3) is 5.91 Å². The summed E-state index contributed by atoms with van der Waals surface area (Å²) < 4.78 is 0. The van der Waals surface area contributed by atoms with E-state index in [4.69, 9.17) is 0 Å². The van der Waals surface area contributed by atoms with Crippen molar-refractivity contribution in [3.63, 3.8) is 0 Å². The molecule has 0 bridgehead atoms. The maximum atomic E-state index is 13.1. The van der Waals surface area contributed by atoms with Crippen LogP contribution < -0.4 is 4.90 Å². The van der Waals surface area contributed by atoms with Gasteiger partial charge in [-0.15, -0.1) is 0 Å². The number of rotatable bonds is 4. The summed E-state index contributed by atoms with van der Waals surface area (Å²) in [5.74, 6) is 1.12. The normalized spacial score (nSPS) is 17.8. The van der Waals surface area contributed by atoms with Crippen molar-refractivity contribution in [1.29, 1.82) is 0 Å². The van der Waals surface area contributed by atoms with Crippen LogP contribution in [-0.2, 0) is 0 Å². The third kappa shape index (κ3) is 3.10. The molecule has 3 aromatic rings. The molecule has 0 radical (unpaired) electrons. The molecule has 7 nitrogen and oxygen atoms in total. The second-order valence-corrected chi connectivity index (χ2v) is 7.78. The second kappa shape index (κ2) is 6.89. The van der Waals surface area contributed by atoms with Gasteiger partial charge in [-0.2, -0.15) is 0 Å². The van der Waals surface area contributed by atoms with Crippen molar-refractivity contribution in [2.75, 3.05) is 18.0 Å². The fourth-order valence-corrected chi connectivity index (χ4v) is 4.26. The molecule has 0 aromatic carbocycles. The third-order valence-electron chi connectivity index (χ3n) is 5.82. The van der Waals surface area contributed by atoms with Crippen molar-refractivity contribution in [3.8, 4) is 0 Å². The topological polar surface area (TPSA) is 78.0 Å². The number of aromatic amines is 1. The number of aryl methyl sites for hydroxylation is 1. The minimum absolute atomic E-state index is 0.0913. The standard InChI is InChI=1S/C21H24N6O/c1-14-11-19(25-13-24-14)27(15-4-5-15)16-6-9-26(10-7-16)21(28)18-12-23-20-17(18)3-2-8-22-20/h2-3,8,11-13,15-16H,4-7,9-10H2,1H3,(H,22,23). The van der Waals surface area contributed by atoms with E-state index in [1.807, 2.05) is 24.0 Å². The van der Waals surface area contributed by atoms with Gasteiger partial charge in [0.15, 0.2) is 0 Å². The van der Waals surface area contributed by atoms with E-state index in [0.29, 0.717) is 17.6 Å². The van der Waals surface area contributed by atoms with Crippen LogP contribution in [-0.4, -0.2) is 55.9 Å². The lowest BCUT2D eigenvalue weighted by Gasteiger charge is -2.39. The molecule has 1 aliphatic heterocycles. The van der Waals surface area contributed by atoms with Gasteiger partial charge < -0.3 is 14.8 Å². The van der Waals surface area contributed by atoms with Crippen LogP contribution in [0.3, 0.4) is 0 Å². The Bertz CT molecular complexity index is 1000. The molecule has 4 heterocycles. The van der Waals surface area contributed by atoms with Crippen molar-refractivity contribution < 1.29 is 4.79 Å². The lowest BCUT2D eigenvalue weighted by Crippen LogP contribution is -2.48. The van der Waals surface area contributed by atoms with Gasteiger partial charge in [0.05, 0.1) is 5.56 Å². The second-order valence-electron chi connectivity index (χ2n) is 7.78. The lowest BCUT2D eigenvalue weighted by molar-refractivity contribution is 0.0714. The highest BCUT2D eigenvalue weighted by molar-refractivity contribution is 6.05. The fraction of sp³-hybridized carbons (Fsp3) is 0.429. The number of aromatic nitrogens is 4. The first kappa shape index (κ1) is 17.2. The van der Waals surface area contributed by atoms with Crippen LogP contribution in [0.5, 0.6) is 0 Å². The van der Waals surface area contributed by atoms with E-state index < -0.39 is 0 Å². The average Bonchev–Trinajstić information content (AvgIpc) is 3.46. The number of nitrogens with one attached hydrogen (secondary N) is 1.